The average Bonchev–Trinajstić information content (AvgIpc) is 2.75. The number of sulfone groups is 1. The highest BCUT2D eigenvalue weighted by molar-refractivity contribution is 7.92. The summed E-state index contributed by atoms with van der Waals surface area (Å²) >= 11 is 0. The second-order valence-corrected chi connectivity index (χ2v) is 12.0. The standard InChI is InChI=1S/C11H10F6O2S.C11H10F6OS/c1-6(2)7-3-8(10(12,13)14)5-9(4-7)20(18,19)11(15,16)17;1-6(2)7-3-8(10(12,13)14)5-9(4-7)19(18)11(15,16)17/h3-6H,1-2H3;3-6H,1-2H3. The van der Waals surface area contributed by atoms with Crippen molar-refractivity contribution in [2.24, 2.45) is 0 Å². The van der Waals surface area contributed by atoms with Gasteiger partial charge in [-0.3, -0.25) is 0 Å². The molecule has 0 aliphatic rings. The molecule has 0 fully saturated rings. The lowest BCUT2D eigenvalue weighted by Crippen LogP contribution is -2.24. The molecule has 2 aromatic carbocycles. The van der Waals surface area contributed by atoms with Gasteiger partial charge in [-0.2, -0.15) is 52.7 Å². The van der Waals surface area contributed by atoms with Crippen LogP contribution in [-0.2, 0) is 33.0 Å². The summed E-state index contributed by atoms with van der Waals surface area (Å²) < 4.78 is 183. The lowest BCUT2D eigenvalue weighted by atomic mass is 10.0. The summed E-state index contributed by atoms with van der Waals surface area (Å²) in [7, 11) is -9.29. The van der Waals surface area contributed by atoms with Crippen LogP contribution in [0.3, 0.4) is 0 Å². The van der Waals surface area contributed by atoms with Crippen LogP contribution in [-0.4, -0.2) is 23.6 Å². The minimum absolute atomic E-state index is 0.00525. The van der Waals surface area contributed by atoms with Crippen molar-refractivity contribution < 1.29 is 65.3 Å². The molecule has 0 radical (unpaired) electrons. The Morgan fingerprint density at radius 3 is 1.33 bits per heavy atom. The lowest BCUT2D eigenvalue weighted by Gasteiger charge is -2.15. The highest BCUT2D eigenvalue weighted by atomic mass is 32.2. The van der Waals surface area contributed by atoms with Gasteiger partial charge in [0.25, 0.3) is 9.84 Å². The maximum Gasteiger partial charge on any atom is 0.501 e. The first kappa shape index (κ1) is 34.7. The summed E-state index contributed by atoms with van der Waals surface area (Å²) in [6, 6.07) is 3.18. The van der Waals surface area contributed by atoms with Gasteiger partial charge in [0.05, 0.1) is 16.0 Å². The highest BCUT2D eigenvalue weighted by Crippen LogP contribution is 2.38. The molecular weight excluding hydrogens is 604 g/mol. The molecule has 2 rings (SSSR count). The van der Waals surface area contributed by atoms with Gasteiger partial charge >= 0.3 is 23.4 Å². The van der Waals surface area contributed by atoms with Crippen molar-refractivity contribution >= 4 is 20.6 Å². The van der Waals surface area contributed by atoms with Crippen LogP contribution in [0.15, 0.2) is 46.2 Å². The van der Waals surface area contributed by atoms with Gasteiger partial charge in [-0.25, -0.2) is 12.6 Å². The van der Waals surface area contributed by atoms with E-state index in [1.54, 1.807) is 0 Å². The molecule has 1 atom stereocenters. The zero-order valence-corrected chi connectivity index (χ0v) is 21.8. The quantitative estimate of drug-likeness (QED) is 0.321. The second kappa shape index (κ2) is 11.7. The number of hydrogen-bond donors (Lipinski definition) is 0. The highest BCUT2D eigenvalue weighted by Gasteiger charge is 2.48. The van der Waals surface area contributed by atoms with Gasteiger partial charge in [-0.05, 0) is 59.4 Å². The Labute approximate surface area is 217 Å². The summed E-state index contributed by atoms with van der Waals surface area (Å²) in [4.78, 5) is -2.28. The average molecular weight is 625 g/mol. The van der Waals surface area contributed by atoms with Crippen LogP contribution in [0.25, 0.3) is 0 Å². The lowest BCUT2D eigenvalue weighted by molar-refractivity contribution is -0.138. The number of hydrogen-bond acceptors (Lipinski definition) is 3. The zero-order valence-electron chi connectivity index (χ0n) is 20.2. The Morgan fingerprint density at radius 1 is 0.615 bits per heavy atom. The summed E-state index contributed by atoms with van der Waals surface area (Å²) in [6.07, 6.45) is -9.71. The molecular formula is C22H20F12O3S2. The molecule has 0 N–H and O–H groups in total. The van der Waals surface area contributed by atoms with Crippen LogP contribution >= 0.6 is 0 Å². The van der Waals surface area contributed by atoms with Gasteiger partial charge in [0.1, 0.15) is 0 Å². The van der Waals surface area contributed by atoms with E-state index in [2.05, 4.69) is 0 Å². The number of rotatable bonds is 4. The van der Waals surface area contributed by atoms with Crippen molar-refractivity contribution in [1.29, 1.82) is 0 Å². The van der Waals surface area contributed by atoms with Crippen molar-refractivity contribution in [3.8, 4) is 0 Å². The molecule has 0 bridgehead atoms. The molecule has 0 amide bonds. The van der Waals surface area contributed by atoms with Crippen molar-refractivity contribution in [3.05, 3.63) is 58.7 Å². The minimum Gasteiger partial charge on any atom is -0.245 e. The third-order valence-corrected chi connectivity index (χ3v) is 7.44. The molecule has 39 heavy (non-hydrogen) atoms. The van der Waals surface area contributed by atoms with Crippen molar-refractivity contribution in [2.45, 2.75) is 72.7 Å². The Kier molecular flexibility index (Phi) is 10.4. The van der Waals surface area contributed by atoms with Crippen molar-refractivity contribution in [2.75, 3.05) is 0 Å². The normalized spacial score (nSPS) is 14.3. The Bertz CT molecular complexity index is 1290. The molecule has 0 saturated heterocycles. The molecule has 0 saturated carbocycles. The summed E-state index contributed by atoms with van der Waals surface area (Å²) in [6.45, 7) is 5.96. The van der Waals surface area contributed by atoms with Crippen molar-refractivity contribution in [3.63, 3.8) is 0 Å². The zero-order chi connectivity index (χ0) is 30.9. The van der Waals surface area contributed by atoms with Gasteiger partial charge < -0.3 is 0 Å². The predicted octanol–water partition coefficient (Wildman–Crippen LogP) is 8.58. The van der Waals surface area contributed by atoms with E-state index in [0.717, 1.165) is 12.1 Å². The molecule has 222 valence electrons. The summed E-state index contributed by atoms with van der Waals surface area (Å²) in [5, 5.41) is 0. The van der Waals surface area contributed by atoms with Crippen LogP contribution < -0.4 is 0 Å². The van der Waals surface area contributed by atoms with E-state index in [0.29, 0.717) is 12.1 Å². The van der Waals surface area contributed by atoms with Gasteiger partial charge in [-0.1, -0.05) is 27.7 Å². The van der Waals surface area contributed by atoms with Gasteiger partial charge in [0.15, 0.2) is 10.8 Å². The predicted molar refractivity (Wildman–Crippen MR) is 117 cm³/mol. The number of alkyl halides is 12. The van der Waals surface area contributed by atoms with Crippen molar-refractivity contribution in [1.82, 2.24) is 0 Å². The molecule has 0 aromatic heterocycles. The molecule has 0 heterocycles. The molecule has 0 aliphatic heterocycles. The molecule has 0 spiro atoms. The largest absolute Gasteiger partial charge is 0.501 e. The fourth-order valence-electron chi connectivity index (χ4n) is 2.77. The second-order valence-electron chi connectivity index (χ2n) is 8.55. The molecule has 0 aliphatic carbocycles. The van der Waals surface area contributed by atoms with E-state index < -0.39 is 76.8 Å². The van der Waals surface area contributed by atoms with Gasteiger partial charge in [-0.15, -0.1) is 0 Å². The maximum absolute atomic E-state index is 12.6. The van der Waals surface area contributed by atoms with E-state index in [1.807, 2.05) is 0 Å². The third-order valence-electron chi connectivity index (χ3n) is 4.89. The van der Waals surface area contributed by atoms with Crippen LogP contribution in [0, 0.1) is 0 Å². The molecule has 2 aromatic rings. The van der Waals surface area contributed by atoms with Gasteiger partial charge in [0, 0.05) is 4.90 Å². The van der Waals surface area contributed by atoms with E-state index >= 15 is 0 Å². The van der Waals surface area contributed by atoms with E-state index in [1.165, 1.54) is 27.7 Å². The molecule has 1 unspecified atom stereocenters. The Balaban J connectivity index is 0.000000391. The van der Waals surface area contributed by atoms with Crippen LogP contribution in [0.5, 0.6) is 0 Å². The van der Waals surface area contributed by atoms with Crippen LogP contribution in [0.2, 0.25) is 0 Å². The fourth-order valence-corrected chi connectivity index (χ4v) is 4.35. The number of halogens is 12. The van der Waals surface area contributed by atoms with E-state index in [4.69, 9.17) is 0 Å². The first-order valence-electron chi connectivity index (χ1n) is 10.4. The maximum atomic E-state index is 12.6. The SMILES string of the molecule is CC(C)c1cc(C(F)(F)F)cc(S(=O)(=O)C(F)(F)F)c1.CC(C)c1cc(S(=O)C(F)(F)F)cc(C(F)(F)F)c1. The summed E-state index contributed by atoms with van der Waals surface area (Å²) in [5.41, 5.74) is -13.5. The Hall–Kier alpha value is -2.30. The van der Waals surface area contributed by atoms with E-state index in [9.17, 15) is 65.3 Å². The molecule has 3 nitrogen and oxygen atoms in total. The fraction of sp³-hybridized carbons (Fsp3) is 0.455. The smallest absolute Gasteiger partial charge is 0.245 e. The Morgan fingerprint density at radius 2 is 1.00 bits per heavy atom. The van der Waals surface area contributed by atoms with Gasteiger partial charge in [0.2, 0.25) is 0 Å². The van der Waals surface area contributed by atoms with E-state index in [-0.39, 0.29) is 23.3 Å². The van der Waals surface area contributed by atoms with Crippen LogP contribution in [0.4, 0.5) is 52.7 Å². The number of benzene rings is 2. The first-order chi connectivity index (χ1) is 17.2. The minimum atomic E-state index is -5.82. The first-order valence-corrected chi connectivity index (χ1v) is 13.1. The topological polar surface area (TPSA) is 51.2 Å². The van der Waals surface area contributed by atoms with Crippen LogP contribution in [0.1, 0.15) is 61.8 Å². The molecule has 17 heteroatoms. The third kappa shape index (κ3) is 9.11. The monoisotopic (exact) mass is 624 g/mol. The summed E-state index contributed by atoms with van der Waals surface area (Å²) in [5.74, 6) is -0.967.